The molecule has 0 saturated heterocycles. The molecule has 1 aromatic heterocycles. The Labute approximate surface area is 149 Å². The Morgan fingerprint density at radius 2 is 1.96 bits per heavy atom. The average Bonchev–Trinajstić information content (AvgIpc) is 3.32. The molecule has 5 nitrogen and oxygen atoms in total. The zero-order chi connectivity index (χ0) is 17.8. The molecule has 3 rings (SSSR count). The second kappa shape index (κ2) is 7.72. The third-order valence-corrected chi connectivity index (χ3v) is 5.23. The van der Waals surface area contributed by atoms with Crippen LogP contribution in [-0.4, -0.2) is 40.8 Å². The number of carbonyl (C=O) groups is 1. The largest absolute Gasteiger partial charge is 0.497 e. The maximum Gasteiger partial charge on any atom is 0.272 e. The summed E-state index contributed by atoms with van der Waals surface area (Å²) in [4.78, 5) is 14.8. The maximum absolute atomic E-state index is 13.0. The smallest absolute Gasteiger partial charge is 0.272 e. The molecule has 1 amide bonds. The van der Waals surface area contributed by atoms with Gasteiger partial charge in [-0.15, -0.1) is 0 Å². The van der Waals surface area contributed by atoms with Gasteiger partial charge in [-0.3, -0.25) is 9.48 Å². The summed E-state index contributed by atoms with van der Waals surface area (Å²) in [7, 11) is 3.54. The van der Waals surface area contributed by atoms with Gasteiger partial charge in [0.2, 0.25) is 0 Å². The summed E-state index contributed by atoms with van der Waals surface area (Å²) in [5.74, 6) is 0.895. The van der Waals surface area contributed by atoms with Crippen molar-refractivity contribution in [1.82, 2.24) is 14.7 Å². The highest BCUT2D eigenvalue weighted by molar-refractivity contribution is 5.92. The lowest BCUT2D eigenvalue weighted by Crippen LogP contribution is -2.37. The number of amides is 1. The molecular weight excluding hydrogens is 314 g/mol. The quantitative estimate of drug-likeness (QED) is 0.805. The number of ether oxygens (including phenoxy) is 1. The van der Waals surface area contributed by atoms with Crippen molar-refractivity contribution in [3.8, 4) is 5.75 Å². The van der Waals surface area contributed by atoms with Gasteiger partial charge in [-0.25, -0.2) is 0 Å². The summed E-state index contributed by atoms with van der Waals surface area (Å²) < 4.78 is 7.13. The average molecular weight is 341 g/mol. The normalized spacial score (nSPS) is 16.0. The van der Waals surface area contributed by atoms with Gasteiger partial charge in [-0.1, -0.05) is 25.0 Å². The predicted molar refractivity (Wildman–Crippen MR) is 98.0 cm³/mol. The number of hydrogen-bond acceptors (Lipinski definition) is 3. The first-order chi connectivity index (χ1) is 12.1. The van der Waals surface area contributed by atoms with Gasteiger partial charge in [0.15, 0.2) is 0 Å². The Bertz CT molecular complexity index is 702. The molecule has 0 radical (unpaired) electrons. The van der Waals surface area contributed by atoms with E-state index in [1.807, 2.05) is 34.8 Å². The second-order valence-corrected chi connectivity index (χ2v) is 6.92. The van der Waals surface area contributed by atoms with Crippen molar-refractivity contribution in [2.75, 3.05) is 14.2 Å². The highest BCUT2D eigenvalue weighted by Gasteiger charge is 2.26. The first-order valence-corrected chi connectivity index (χ1v) is 9.03. The Hall–Kier alpha value is -2.30. The van der Waals surface area contributed by atoms with Crippen LogP contribution in [0.15, 0.2) is 36.5 Å². The van der Waals surface area contributed by atoms with Crippen molar-refractivity contribution in [3.63, 3.8) is 0 Å². The van der Waals surface area contributed by atoms with Gasteiger partial charge < -0.3 is 9.64 Å². The Morgan fingerprint density at radius 1 is 1.28 bits per heavy atom. The van der Waals surface area contributed by atoms with Crippen molar-refractivity contribution in [1.29, 1.82) is 0 Å². The third-order valence-electron chi connectivity index (χ3n) is 5.23. The Balaban J connectivity index is 1.68. The number of methoxy groups -OCH3 is 1. The molecule has 0 aliphatic heterocycles. The van der Waals surface area contributed by atoms with E-state index in [9.17, 15) is 4.79 Å². The molecule has 25 heavy (non-hydrogen) atoms. The highest BCUT2D eigenvalue weighted by Crippen LogP contribution is 2.30. The van der Waals surface area contributed by atoms with E-state index in [0.29, 0.717) is 11.7 Å². The van der Waals surface area contributed by atoms with Gasteiger partial charge in [0.1, 0.15) is 11.4 Å². The summed E-state index contributed by atoms with van der Waals surface area (Å²) in [6.07, 6.45) is 7.24. The summed E-state index contributed by atoms with van der Waals surface area (Å²) >= 11 is 0. The molecule has 0 unspecified atom stereocenters. The van der Waals surface area contributed by atoms with Crippen LogP contribution in [0.5, 0.6) is 5.75 Å². The molecule has 1 fully saturated rings. The van der Waals surface area contributed by atoms with E-state index in [1.165, 1.54) is 18.4 Å². The number of likely N-dealkylation sites (N-methyl/N-ethyl adjacent to an activating group) is 1. The van der Waals surface area contributed by atoms with Crippen LogP contribution in [0.25, 0.3) is 0 Å². The molecule has 0 spiro atoms. The van der Waals surface area contributed by atoms with Crippen molar-refractivity contribution < 1.29 is 9.53 Å². The standard InChI is InChI=1S/C20H27N3O2/c1-15(14-16-8-10-18(25-3)11-9-16)22(2)20(24)19-12-13-21-23(19)17-6-4-5-7-17/h8-13,15,17H,4-7,14H2,1-3H3/t15-/m1/s1. The fraction of sp³-hybridized carbons (Fsp3) is 0.500. The minimum atomic E-state index is 0.0467. The van der Waals surface area contributed by atoms with Crippen LogP contribution in [0.2, 0.25) is 0 Å². The third kappa shape index (κ3) is 3.86. The van der Waals surface area contributed by atoms with Gasteiger partial charge in [-0.05, 0) is 49.9 Å². The number of rotatable bonds is 6. The Morgan fingerprint density at radius 3 is 2.60 bits per heavy atom. The molecule has 5 heteroatoms. The van der Waals surface area contributed by atoms with E-state index < -0.39 is 0 Å². The molecule has 1 heterocycles. The lowest BCUT2D eigenvalue weighted by Gasteiger charge is -2.26. The van der Waals surface area contributed by atoms with E-state index in [1.54, 1.807) is 13.3 Å². The maximum atomic E-state index is 13.0. The number of benzene rings is 1. The molecule has 1 aromatic carbocycles. The van der Waals surface area contributed by atoms with Crippen LogP contribution in [0.1, 0.15) is 54.7 Å². The monoisotopic (exact) mass is 341 g/mol. The molecule has 0 N–H and O–H groups in total. The van der Waals surface area contributed by atoms with E-state index in [-0.39, 0.29) is 11.9 Å². The summed E-state index contributed by atoms with van der Waals surface area (Å²) in [5, 5.41) is 4.42. The van der Waals surface area contributed by atoms with E-state index in [2.05, 4.69) is 24.2 Å². The fourth-order valence-electron chi connectivity index (χ4n) is 3.54. The minimum Gasteiger partial charge on any atom is -0.497 e. The van der Waals surface area contributed by atoms with Gasteiger partial charge in [0.05, 0.1) is 13.2 Å². The molecule has 1 atom stereocenters. The Kier molecular flexibility index (Phi) is 5.41. The van der Waals surface area contributed by atoms with Gasteiger partial charge in [-0.2, -0.15) is 5.10 Å². The van der Waals surface area contributed by atoms with Crippen LogP contribution < -0.4 is 4.74 Å². The van der Waals surface area contributed by atoms with Gasteiger partial charge >= 0.3 is 0 Å². The molecule has 0 bridgehead atoms. The van der Waals surface area contributed by atoms with Crippen molar-refractivity contribution >= 4 is 5.91 Å². The SMILES string of the molecule is COc1ccc(C[C@@H](C)N(C)C(=O)c2ccnn2C2CCCC2)cc1. The van der Waals surface area contributed by atoms with Crippen LogP contribution in [0.3, 0.4) is 0 Å². The zero-order valence-electron chi connectivity index (χ0n) is 15.3. The van der Waals surface area contributed by atoms with Crippen LogP contribution in [-0.2, 0) is 6.42 Å². The highest BCUT2D eigenvalue weighted by atomic mass is 16.5. The number of aromatic nitrogens is 2. The molecule has 1 aliphatic carbocycles. The molecule has 134 valence electrons. The van der Waals surface area contributed by atoms with Gasteiger partial charge in [0.25, 0.3) is 5.91 Å². The number of nitrogens with zero attached hydrogens (tertiary/aromatic N) is 3. The van der Waals surface area contributed by atoms with E-state index in [4.69, 9.17) is 4.74 Å². The predicted octanol–water partition coefficient (Wildman–Crippen LogP) is 3.71. The number of carbonyl (C=O) groups excluding carboxylic acids is 1. The zero-order valence-corrected chi connectivity index (χ0v) is 15.3. The van der Waals surface area contributed by atoms with Crippen LogP contribution in [0, 0.1) is 0 Å². The molecule has 2 aromatic rings. The summed E-state index contributed by atoms with van der Waals surface area (Å²) in [5.41, 5.74) is 1.90. The lowest BCUT2D eigenvalue weighted by molar-refractivity contribution is 0.0728. The lowest BCUT2D eigenvalue weighted by atomic mass is 10.1. The van der Waals surface area contributed by atoms with Crippen molar-refractivity contribution in [2.45, 2.75) is 51.1 Å². The van der Waals surface area contributed by atoms with Gasteiger partial charge in [0, 0.05) is 19.3 Å². The van der Waals surface area contributed by atoms with Crippen molar-refractivity contribution in [3.05, 3.63) is 47.8 Å². The second-order valence-electron chi connectivity index (χ2n) is 6.92. The first kappa shape index (κ1) is 17.5. The van der Waals surface area contributed by atoms with Crippen molar-refractivity contribution in [2.24, 2.45) is 0 Å². The van der Waals surface area contributed by atoms with E-state index in [0.717, 1.165) is 25.0 Å². The molecular formula is C20H27N3O2. The fourth-order valence-corrected chi connectivity index (χ4v) is 3.54. The van der Waals surface area contributed by atoms with Crippen LogP contribution in [0.4, 0.5) is 0 Å². The topological polar surface area (TPSA) is 47.4 Å². The summed E-state index contributed by atoms with van der Waals surface area (Å²) in [6, 6.07) is 10.3. The minimum absolute atomic E-state index is 0.0467. The number of hydrogen-bond donors (Lipinski definition) is 0. The first-order valence-electron chi connectivity index (χ1n) is 9.03. The van der Waals surface area contributed by atoms with Crippen LogP contribution >= 0.6 is 0 Å². The molecule has 1 saturated carbocycles. The summed E-state index contributed by atoms with van der Waals surface area (Å²) in [6.45, 7) is 2.08. The van der Waals surface area contributed by atoms with E-state index >= 15 is 0 Å². The molecule has 1 aliphatic rings.